The molecule has 6 heteroatoms. The van der Waals surface area contributed by atoms with E-state index in [1.165, 1.54) is 7.11 Å². The molecule has 0 unspecified atom stereocenters. The van der Waals surface area contributed by atoms with Gasteiger partial charge in [0.15, 0.2) is 28.1 Å². The number of hydrogen-bond donors (Lipinski definition) is 2. The monoisotopic (exact) mass is 330 g/mol. The Morgan fingerprint density at radius 3 is 1.86 bits per heavy atom. The van der Waals surface area contributed by atoms with Gasteiger partial charge in [-0.1, -0.05) is 6.07 Å². The van der Waals surface area contributed by atoms with E-state index in [0.29, 0.717) is 12.2 Å². The lowest BCUT2D eigenvalue weighted by Crippen LogP contribution is -2.39. The lowest BCUT2D eigenvalue weighted by molar-refractivity contribution is 0.299. The van der Waals surface area contributed by atoms with Gasteiger partial charge in [0.05, 0.1) is 7.11 Å². The molecule has 0 saturated carbocycles. The number of hydrogen-bond acceptors (Lipinski definition) is 4. The van der Waals surface area contributed by atoms with Crippen LogP contribution >= 0.6 is 0 Å². The average molecular weight is 331 g/mol. The van der Waals surface area contributed by atoms with Crippen molar-refractivity contribution in [3.05, 3.63) is 23.8 Å². The lowest BCUT2D eigenvalue weighted by Gasteiger charge is -2.27. The van der Waals surface area contributed by atoms with Gasteiger partial charge >= 0.3 is 0 Å². The zero-order chi connectivity index (χ0) is 16.7. The Labute approximate surface area is 131 Å². The Bertz CT molecular complexity index is 411. The number of aromatic hydroxyl groups is 1. The predicted molar refractivity (Wildman–Crippen MR) is 93.2 cm³/mol. The van der Waals surface area contributed by atoms with E-state index >= 15 is 0 Å². The molecule has 0 bridgehead atoms. The predicted octanol–water partition coefficient (Wildman–Crippen LogP) is 3.61. The van der Waals surface area contributed by atoms with E-state index in [2.05, 4.69) is 39.3 Å². The minimum absolute atomic E-state index is 0.105. The second kappa shape index (κ2) is 8.58. The normalized spacial score (nSPS) is 11.6. The molecular weight excluding hydrogens is 300 g/mol. The second-order valence-corrected chi connectivity index (χ2v) is 16.1. The van der Waals surface area contributed by atoms with E-state index in [0.717, 1.165) is 5.56 Å². The zero-order valence-electron chi connectivity index (χ0n) is 14.4. The fraction of sp³-hybridized carbons (Fsp3) is 0.600. The minimum Gasteiger partial charge on any atom is -0.504 e. The Hall–Kier alpha value is -0.826. The summed E-state index contributed by atoms with van der Waals surface area (Å²) in [4.78, 5) is 0. The van der Waals surface area contributed by atoms with E-state index in [4.69, 9.17) is 14.0 Å². The molecule has 21 heavy (non-hydrogen) atoms. The summed E-state index contributed by atoms with van der Waals surface area (Å²) < 4.78 is 10.8. The highest BCUT2D eigenvalue weighted by molar-refractivity contribution is 6.83. The van der Waals surface area contributed by atoms with Crippen molar-refractivity contribution < 1.29 is 19.1 Å². The van der Waals surface area contributed by atoms with Crippen molar-refractivity contribution in [3.8, 4) is 11.5 Å². The van der Waals surface area contributed by atoms with Crippen molar-refractivity contribution in [1.29, 1.82) is 0 Å². The van der Waals surface area contributed by atoms with Crippen molar-refractivity contribution in [2.75, 3.05) is 13.7 Å². The maximum absolute atomic E-state index is 9.22. The smallest absolute Gasteiger partial charge is 0.170 e. The summed E-state index contributed by atoms with van der Waals surface area (Å²) >= 11 is 0. The highest BCUT2D eigenvalue weighted by Crippen LogP contribution is 2.26. The first-order valence-corrected chi connectivity index (χ1v) is 14.0. The van der Waals surface area contributed by atoms with Gasteiger partial charge in [0.2, 0.25) is 0 Å². The van der Waals surface area contributed by atoms with Crippen LogP contribution in [0.5, 0.6) is 11.5 Å². The number of methoxy groups -OCH3 is 1. The molecule has 0 aliphatic rings. The third kappa shape index (κ3) is 10.5. The Balaban J connectivity index is 0.000000400. The van der Waals surface area contributed by atoms with Crippen molar-refractivity contribution in [3.63, 3.8) is 0 Å². The molecule has 0 saturated heterocycles. The molecule has 0 amide bonds. The minimum atomic E-state index is -1.23. The van der Waals surface area contributed by atoms with Crippen LogP contribution in [0.4, 0.5) is 0 Å². The molecule has 0 spiro atoms. The number of ether oxygens (including phenoxy) is 1. The number of phenolic OH excluding ortho intramolecular Hbond substituents is 1. The Morgan fingerprint density at radius 1 is 1.00 bits per heavy atom. The van der Waals surface area contributed by atoms with Crippen molar-refractivity contribution in [1.82, 2.24) is 0 Å². The largest absolute Gasteiger partial charge is 0.504 e. The molecule has 4 nitrogen and oxygen atoms in total. The molecule has 0 aliphatic heterocycles. The quantitative estimate of drug-likeness (QED) is 0.810. The van der Waals surface area contributed by atoms with Gasteiger partial charge in [-0.3, -0.25) is 0 Å². The summed E-state index contributed by atoms with van der Waals surface area (Å²) in [6.07, 6.45) is 0.580. The number of phenols is 1. The van der Waals surface area contributed by atoms with Gasteiger partial charge in [-0.2, -0.15) is 0 Å². The van der Waals surface area contributed by atoms with E-state index < -0.39 is 16.6 Å². The van der Waals surface area contributed by atoms with Crippen LogP contribution in [0.3, 0.4) is 0 Å². The molecule has 1 rings (SSSR count). The summed E-state index contributed by atoms with van der Waals surface area (Å²) in [6, 6.07) is 5.03. The first-order chi connectivity index (χ1) is 9.48. The Kier molecular flexibility index (Phi) is 8.24. The van der Waals surface area contributed by atoms with Crippen LogP contribution in [0.1, 0.15) is 5.56 Å². The van der Waals surface area contributed by atoms with Crippen molar-refractivity contribution in [2.24, 2.45) is 0 Å². The summed E-state index contributed by atoms with van der Waals surface area (Å²) in [5.74, 6) is 0.570. The van der Waals surface area contributed by atoms with Crippen LogP contribution in [-0.2, 0) is 10.5 Å². The van der Waals surface area contributed by atoms with Crippen LogP contribution in [0.2, 0.25) is 39.3 Å². The van der Waals surface area contributed by atoms with Gasteiger partial charge in [0.1, 0.15) is 0 Å². The Morgan fingerprint density at radius 2 is 1.52 bits per heavy atom. The van der Waals surface area contributed by atoms with E-state index in [9.17, 15) is 5.11 Å². The van der Waals surface area contributed by atoms with Crippen LogP contribution in [0, 0.1) is 0 Å². The maximum Gasteiger partial charge on any atom is 0.170 e. The summed E-state index contributed by atoms with van der Waals surface area (Å²) in [6.45, 7) is 13.6. The van der Waals surface area contributed by atoms with Crippen LogP contribution in [-0.4, -0.2) is 40.6 Å². The molecule has 0 radical (unpaired) electrons. The zero-order valence-corrected chi connectivity index (χ0v) is 16.4. The third-order valence-electron chi connectivity index (χ3n) is 2.26. The maximum atomic E-state index is 9.22. The van der Waals surface area contributed by atoms with E-state index in [1.807, 2.05) is 0 Å². The lowest BCUT2D eigenvalue weighted by atomic mass is 10.1. The molecular formula is C15H30O4Si2. The average Bonchev–Trinajstić information content (AvgIpc) is 2.28. The summed E-state index contributed by atoms with van der Waals surface area (Å²) in [5.41, 5.74) is 0.951. The topological polar surface area (TPSA) is 58.9 Å². The SMILES string of the molecule is COc1cc(CCO)ccc1O.C[Si](C)(C)O[Si](C)(C)C. The van der Waals surface area contributed by atoms with Gasteiger partial charge in [0, 0.05) is 6.61 Å². The first kappa shape index (κ1) is 20.2. The van der Waals surface area contributed by atoms with Gasteiger partial charge < -0.3 is 19.1 Å². The van der Waals surface area contributed by atoms with Gasteiger partial charge in [-0.15, -0.1) is 0 Å². The van der Waals surface area contributed by atoms with Crippen LogP contribution in [0.15, 0.2) is 18.2 Å². The fourth-order valence-corrected chi connectivity index (χ4v) is 9.27. The molecule has 122 valence electrons. The highest BCUT2D eigenvalue weighted by atomic mass is 28.4. The van der Waals surface area contributed by atoms with E-state index in [-0.39, 0.29) is 12.4 Å². The van der Waals surface area contributed by atoms with Crippen LogP contribution < -0.4 is 4.74 Å². The second-order valence-electron chi connectivity index (χ2n) is 6.81. The number of aliphatic hydroxyl groups excluding tert-OH is 1. The van der Waals surface area contributed by atoms with Crippen molar-refractivity contribution in [2.45, 2.75) is 45.7 Å². The number of aliphatic hydroxyl groups is 1. The highest BCUT2D eigenvalue weighted by Gasteiger charge is 2.24. The van der Waals surface area contributed by atoms with Crippen LogP contribution in [0.25, 0.3) is 0 Å². The fourth-order valence-electron chi connectivity index (χ4n) is 1.93. The number of benzene rings is 1. The summed E-state index contributed by atoms with van der Waals surface area (Å²) in [5, 5.41) is 17.9. The van der Waals surface area contributed by atoms with Gasteiger partial charge in [0.25, 0.3) is 0 Å². The molecule has 0 atom stereocenters. The molecule has 0 aromatic heterocycles. The van der Waals surface area contributed by atoms with E-state index in [1.54, 1.807) is 18.2 Å². The number of rotatable bonds is 5. The van der Waals surface area contributed by atoms with Gasteiger partial charge in [-0.05, 0) is 63.4 Å². The summed E-state index contributed by atoms with van der Waals surface area (Å²) in [7, 11) is -0.964. The van der Waals surface area contributed by atoms with Gasteiger partial charge in [-0.25, -0.2) is 0 Å². The first-order valence-electron chi connectivity index (χ1n) is 7.15. The third-order valence-corrected chi connectivity index (χ3v) is 7.16. The molecule has 0 heterocycles. The molecule has 1 aromatic rings. The molecule has 0 aliphatic carbocycles. The van der Waals surface area contributed by atoms with Crippen molar-refractivity contribution >= 4 is 16.6 Å². The standard InChI is InChI=1S/C9H12O3.C6H18OSi2/c1-12-9-6-7(4-5-10)2-3-8(9)11;1-8(2,3)7-9(4,5)6/h2-3,6,10-11H,4-5H2,1H3;1-6H3. The molecule has 2 N–H and O–H groups in total. The molecule has 1 aromatic carbocycles. The molecule has 0 fully saturated rings.